The fourth-order valence-electron chi connectivity index (χ4n) is 3.90. The molecule has 0 spiro atoms. The number of halogens is 3. The normalized spacial score (nSPS) is 16.1. The van der Waals surface area contributed by atoms with E-state index >= 15 is 0 Å². The fraction of sp³-hybridized carbons (Fsp3) is 0.0800. The largest absolute Gasteiger partial charge is 0.334 e. The molecule has 3 aromatic carbocycles. The monoisotopic (exact) mass is 478 g/mol. The van der Waals surface area contributed by atoms with Crippen molar-refractivity contribution >= 4 is 28.9 Å². The summed E-state index contributed by atoms with van der Waals surface area (Å²) >= 11 is 6.10. The lowest BCUT2D eigenvalue weighted by Crippen LogP contribution is -2.46. The number of carbonyl (C=O) groups is 1. The number of urea groups is 1. The van der Waals surface area contributed by atoms with Gasteiger partial charge in [0, 0.05) is 16.3 Å². The number of anilines is 1. The molecule has 1 aliphatic rings. The summed E-state index contributed by atoms with van der Waals surface area (Å²) in [5.74, 6) is -0.327. The highest BCUT2D eigenvalue weighted by atomic mass is 35.5. The summed E-state index contributed by atoms with van der Waals surface area (Å²) in [7, 11) is 0. The molecule has 6 nitrogen and oxygen atoms in total. The highest BCUT2D eigenvalue weighted by molar-refractivity contribution is 6.30. The number of amides is 2. The Morgan fingerprint density at radius 3 is 2.35 bits per heavy atom. The first-order chi connectivity index (χ1) is 16.4. The van der Waals surface area contributed by atoms with Crippen molar-refractivity contribution in [3.63, 3.8) is 0 Å². The molecule has 2 amide bonds. The third kappa shape index (κ3) is 4.04. The second kappa shape index (κ2) is 8.72. The third-order valence-corrected chi connectivity index (χ3v) is 5.75. The molecule has 5 rings (SSSR count). The highest BCUT2D eigenvalue weighted by Crippen LogP contribution is 2.39. The van der Waals surface area contributed by atoms with Crippen molar-refractivity contribution in [1.29, 1.82) is 0 Å². The van der Waals surface area contributed by atoms with Crippen LogP contribution in [0, 0.1) is 11.6 Å². The maximum Gasteiger partial charge on any atom is 0.326 e. The van der Waals surface area contributed by atoms with Crippen LogP contribution >= 0.6 is 11.6 Å². The van der Waals surface area contributed by atoms with Gasteiger partial charge in [-0.1, -0.05) is 41.0 Å². The Bertz CT molecular complexity index is 1400. The van der Waals surface area contributed by atoms with Crippen molar-refractivity contribution in [2.75, 3.05) is 4.90 Å². The Morgan fingerprint density at radius 2 is 1.68 bits per heavy atom. The summed E-state index contributed by atoms with van der Waals surface area (Å²) in [5, 5.41) is 7.53. The summed E-state index contributed by atoms with van der Waals surface area (Å²) < 4.78 is 32.7. The SMILES string of the molecule is CC1=C(c2nc(-c3cccc(Cl)c3)no2)C(c2ccc(F)cc2)NC(=O)N1c1ccc(F)cc1. The van der Waals surface area contributed by atoms with Crippen LogP contribution in [0.5, 0.6) is 0 Å². The van der Waals surface area contributed by atoms with Gasteiger partial charge in [-0.3, -0.25) is 4.90 Å². The number of hydrogen-bond donors (Lipinski definition) is 1. The summed E-state index contributed by atoms with van der Waals surface area (Å²) in [6.45, 7) is 1.73. The summed E-state index contributed by atoms with van der Waals surface area (Å²) in [5.41, 5.74) is 2.78. The first-order valence-corrected chi connectivity index (χ1v) is 10.7. The minimum absolute atomic E-state index is 0.175. The van der Waals surface area contributed by atoms with Gasteiger partial charge < -0.3 is 9.84 Å². The van der Waals surface area contributed by atoms with E-state index in [0.29, 0.717) is 38.9 Å². The standard InChI is InChI=1S/C25H17ClF2N4O2/c1-14-21(24-30-23(31-34-24)16-3-2-4-17(26)13-16)22(15-5-7-18(27)8-6-15)29-25(33)32(14)20-11-9-19(28)10-12-20/h2-13,22H,1H3,(H,29,33). The molecular formula is C25H17ClF2N4O2. The zero-order valence-corrected chi connectivity index (χ0v) is 18.6. The molecule has 1 unspecified atom stereocenters. The minimum Gasteiger partial charge on any atom is -0.334 e. The predicted octanol–water partition coefficient (Wildman–Crippen LogP) is 6.37. The van der Waals surface area contributed by atoms with E-state index < -0.39 is 23.7 Å². The first kappa shape index (κ1) is 21.8. The molecule has 1 atom stereocenters. The molecule has 170 valence electrons. The van der Waals surface area contributed by atoms with E-state index in [0.717, 1.165) is 0 Å². The molecular weight excluding hydrogens is 462 g/mol. The summed E-state index contributed by atoms with van der Waals surface area (Å²) in [4.78, 5) is 19.1. The van der Waals surface area contributed by atoms with E-state index in [4.69, 9.17) is 16.1 Å². The molecule has 0 fully saturated rings. The minimum atomic E-state index is -0.683. The second-order valence-corrected chi connectivity index (χ2v) is 8.11. The fourth-order valence-corrected chi connectivity index (χ4v) is 4.09. The number of nitrogens with one attached hydrogen (secondary N) is 1. The number of hydrogen-bond acceptors (Lipinski definition) is 4. The maximum absolute atomic E-state index is 13.6. The Morgan fingerprint density at radius 1 is 1.00 bits per heavy atom. The molecule has 2 heterocycles. The van der Waals surface area contributed by atoms with E-state index in [2.05, 4.69) is 15.5 Å². The summed E-state index contributed by atoms with van der Waals surface area (Å²) in [6.07, 6.45) is 0. The molecule has 0 saturated heterocycles. The Kier molecular flexibility index (Phi) is 5.59. The van der Waals surface area contributed by atoms with E-state index in [1.807, 2.05) is 0 Å². The number of aromatic nitrogens is 2. The van der Waals surface area contributed by atoms with Crippen LogP contribution < -0.4 is 10.2 Å². The lowest BCUT2D eigenvalue weighted by molar-refractivity contribution is 0.244. The van der Waals surface area contributed by atoms with Crippen LogP contribution in [0.3, 0.4) is 0 Å². The number of rotatable bonds is 4. The molecule has 0 bridgehead atoms. The predicted molar refractivity (Wildman–Crippen MR) is 124 cm³/mol. The van der Waals surface area contributed by atoms with Crippen molar-refractivity contribution in [1.82, 2.24) is 15.5 Å². The quantitative estimate of drug-likeness (QED) is 0.370. The number of benzene rings is 3. The maximum atomic E-state index is 13.6. The van der Waals surface area contributed by atoms with Crippen LogP contribution in [0.2, 0.25) is 5.02 Å². The number of allylic oxidation sites excluding steroid dienone is 1. The zero-order valence-electron chi connectivity index (χ0n) is 17.8. The third-order valence-electron chi connectivity index (χ3n) is 5.51. The number of nitrogens with zero attached hydrogens (tertiary/aromatic N) is 3. The van der Waals surface area contributed by atoms with Crippen molar-refractivity contribution in [3.8, 4) is 11.4 Å². The van der Waals surface area contributed by atoms with Crippen molar-refractivity contribution in [3.05, 3.63) is 107 Å². The van der Waals surface area contributed by atoms with Gasteiger partial charge >= 0.3 is 6.03 Å². The van der Waals surface area contributed by atoms with Gasteiger partial charge in [-0.15, -0.1) is 0 Å². The molecule has 0 radical (unpaired) electrons. The van der Waals surface area contributed by atoms with Gasteiger partial charge in [-0.2, -0.15) is 4.98 Å². The van der Waals surface area contributed by atoms with Gasteiger partial charge in [0.15, 0.2) is 0 Å². The van der Waals surface area contributed by atoms with Gasteiger partial charge in [-0.05, 0) is 61.0 Å². The topological polar surface area (TPSA) is 71.3 Å². The molecule has 34 heavy (non-hydrogen) atoms. The van der Waals surface area contributed by atoms with E-state index in [1.165, 1.54) is 41.3 Å². The molecule has 0 aliphatic carbocycles. The van der Waals surface area contributed by atoms with Crippen molar-refractivity contribution < 1.29 is 18.1 Å². The van der Waals surface area contributed by atoms with Crippen LogP contribution in [-0.2, 0) is 0 Å². The van der Waals surface area contributed by atoms with Crippen LogP contribution in [-0.4, -0.2) is 16.2 Å². The van der Waals surface area contributed by atoms with Crippen LogP contribution in [0.15, 0.2) is 83.0 Å². The highest BCUT2D eigenvalue weighted by Gasteiger charge is 2.36. The average molecular weight is 479 g/mol. The van der Waals surface area contributed by atoms with Crippen LogP contribution in [0.25, 0.3) is 17.0 Å². The first-order valence-electron chi connectivity index (χ1n) is 10.3. The van der Waals surface area contributed by atoms with Crippen molar-refractivity contribution in [2.24, 2.45) is 0 Å². The molecule has 9 heteroatoms. The Balaban J connectivity index is 1.65. The molecule has 1 aliphatic heterocycles. The summed E-state index contributed by atoms with van der Waals surface area (Å²) in [6, 6.07) is 17.2. The molecule has 1 aromatic heterocycles. The lowest BCUT2D eigenvalue weighted by atomic mass is 9.94. The van der Waals surface area contributed by atoms with E-state index in [-0.39, 0.29) is 5.89 Å². The zero-order chi connectivity index (χ0) is 23.8. The Labute approximate surface area is 198 Å². The van der Waals surface area contributed by atoms with E-state index in [1.54, 1.807) is 43.3 Å². The lowest BCUT2D eigenvalue weighted by Gasteiger charge is -2.35. The number of carbonyl (C=O) groups excluding carboxylic acids is 1. The van der Waals surface area contributed by atoms with Crippen molar-refractivity contribution in [2.45, 2.75) is 13.0 Å². The van der Waals surface area contributed by atoms with Gasteiger partial charge in [0.2, 0.25) is 5.82 Å². The smallest absolute Gasteiger partial charge is 0.326 e. The molecule has 1 N–H and O–H groups in total. The van der Waals surface area contributed by atoms with E-state index in [9.17, 15) is 13.6 Å². The van der Waals surface area contributed by atoms with Crippen LogP contribution in [0.4, 0.5) is 19.3 Å². The van der Waals surface area contributed by atoms with Gasteiger partial charge in [-0.25, -0.2) is 13.6 Å². The van der Waals surface area contributed by atoms with Gasteiger partial charge in [0.1, 0.15) is 11.6 Å². The van der Waals surface area contributed by atoms with Gasteiger partial charge in [0.25, 0.3) is 5.89 Å². The second-order valence-electron chi connectivity index (χ2n) is 7.68. The molecule has 4 aromatic rings. The van der Waals surface area contributed by atoms with Gasteiger partial charge in [0.05, 0.1) is 17.3 Å². The van der Waals surface area contributed by atoms with Crippen LogP contribution in [0.1, 0.15) is 24.4 Å². The molecule has 0 saturated carbocycles. The average Bonchev–Trinajstić information content (AvgIpc) is 3.30. The Hall–Kier alpha value is -4.04.